The van der Waals surface area contributed by atoms with Gasteiger partial charge in [-0.1, -0.05) is 18.2 Å². The molecule has 0 bridgehead atoms. The number of dihydropyridines is 1. The lowest BCUT2D eigenvalue weighted by atomic mass is 9.72. The maximum Gasteiger partial charge on any atom is 0.336 e. The van der Waals surface area contributed by atoms with Crippen LogP contribution < -0.4 is 5.32 Å². The lowest BCUT2D eigenvalue weighted by molar-refractivity contribution is -0.384. The number of esters is 1. The molecule has 31 heavy (non-hydrogen) atoms. The van der Waals surface area contributed by atoms with Crippen LogP contribution in [0.2, 0.25) is 0 Å². The summed E-state index contributed by atoms with van der Waals surface area (Å²) in [6, 6.07) is 10.1. The lowest BCUT2D eigenvalue weighted by Gasteiger charge is -2.36. The van der Waals surface area contributed by atoms with Crippen LogP contribution in [0.15, 0.2) is 64.3 Å². The summed E-state index contributed by atoms with van der Waals surface area (Å²) >= 11 is 1.62. The van der Waals surface area contributed by atoms with Gasteiger partial charge in [-0.15, -0.1) is 11.3 Å². The standard InChI is InChI=1S/C23H22N2O5S/c1-3-30-23(27)20-13(2)24-17-11-15(19-8-5-9-31-19)12-18(26)22(17)21(20)14-6-4-7-16(10-14)25(28)29/h4-10,15,21,24H,3,11-12H2,1-2H3/t15-,21+/m0/s1. The van der Waals surface area contributed by atoms with Crippen molar-refractivity contribution < 1.29 is 19.2 Å². The Morgan fingerprint density at radius 1 is 1.29 bits per heavy atom. The second-order valence-electron chi connectivity index (χ2n) is 7.61. The molecule has 1 aliphatic carbocycles. The smallest absolute Gasteiger partial charge is 0.336 e. The molecule has 2 aliphatic rings. The van der Waals surface area contributed by atoms with E-state index < -0.39 is 16.8 Å². The van der Waals surface area contributed by atoms with Gasteiger partial charge in [0, 0.05) is 52.2 Å². The molecule has 0 amide bonds. The Labute approximate surface area is 183 Å². The highest BCUT2D eigenvalue weighted by Gasteiger charge is 2.41. The molecule has 1 aromatic heterocycles. The minimum atomic E-state index is -0.702. The molecular formula is C23H22N2O5S. The van der Waals surface area contributed by atoms with E-state index in [4.69, 9.17) is 4.74 Å². The van der Waals surface area contributed by atoms with Crippen molar-refractivity contribution in [3.63, 3.8) is 0 Å². The fraction of sp³-hybridized carbons (Fsp3) is 0.304. The third-order valence-electron chi connectivity index (χ3n) is 5.68. The van der Waals surface area contributed by atoms with Gasteiger partial charge in [0.25, 0.3) is 5.69 Å². The summed E-state index contributed by atoms with van der Waals surface area (Å²) in [5.41, 5.74) is 2.66. The van der Waals surface area contributed by atoms with Crippen molar-refractivity contribution in [1.29, 1.82) is 0 Å². The Bertz CT molecular complexity index is 1120. The van der Waals surface area contributed by atoms with E-state index in [1.54, 1.807) is 37.3 Å². The fourth-order valence-corrected chi connectivity index (χ4v) is 5.22. The minimum absolute atomic E-state index is 0.0574. The number of ketones is 1. The molecule has 0 saturated carbocycles. The summed E-state index contributed by atoms with van der Waals surface area (Å²) in [7, 11) is 0. The van der Waals surface area contributed by atoms with Crippen LogP contribution in [0.3, 0.4) is 0 Å². The van der Waals surface area contributed by atoms with Crippen LogP contribution in [0.4, 0.5) is 5.69 Å². The number of hydrogen-bond donors (Lipinski definition) is 1. The fourth-order valence-electron chi connectivity index (χ4n) is 4.39. The lowest BCUT2D eigenvalue weighted by Crippen LogP contribution is -2.36. The normalized spacial score (nSPS) is 20.9. The molecule has 0 saturated heterocycles. The highest BCUT2D eigenvalue weighted by molar-refractivity contribution is 7.10. The number of allylic oxidation sites excluding steroid dienone is 3. The molecule has 1 aliphatic heterocycles. The van der Waals surface area contributed by atoms with Crippen LogP contribution in [-0.4, -0.2) is 23.3 Å². The largest absolute Gasteiger partial charge is 0.463 e. The molecule has 1 aromatic carbocycles. The van der Waals surface area contributed by atoms with Gasteiger partial charge in [0.15, 0.2) is 5.78 Å². The van der Waals surface area contributed by atoms with Crippen LogP contribution in [0.1, 0.15) is 49.0 Å². The number of nitrogens with zero attached hydrogens (tertiary/aromatic N) is 1. The average molecular weight is 439 g/mol. The van der Waals surface area contributed by atoms with E-state index in [0.717, 1.165) is 10.6 Å². The van der Waals surface area contributed by atoms with Crippen LogP contribution >= 0.6 is 11.3 Å². The predicted molar refractivity (Wildman–Crippen MR) is 117 cm³/mol. The molecule has 2 atom stereocenters. The van der Waals surface area contributed by atoms with Gasteiger partial charge in [-0.2, -0.15) is 0 Å². The maximum atomic E-state index is 13.4. The van der Waals surface area contributed by atoms with Gasteiger partial charge in [-0.25, -0.2) is 4.79 Å². The summed E-state index contributed by atoms with van der Waals surface area (Å²) in [5, 5.41) is 16.6. The van der Waals surface area contributed by atoms with Gasteiger partial charge in [-0.3, -0.25) is 14.9 Å². The van der Waals surface area contributed by atoms with Gasteiger partial charge in [0.1, 0.15) is 0 Å². The maximum absolute atomic E-state index is 13.4. The molecule has 0 unspecified atom stereocenters. The number of non-ortho nitro benzene ring substituents is 1. The van der Waals surface area contributed by atoms with Crippen molar-refractivity contribution in [2.24, 2.45) is 0 Å². The van der Waals surface area contributed by atoms with Crippen molar-refractivity contribution >= 4 is 28.8 Å². The Morgan fingerprint density at radius 2 is 2.10 bits per heavy atom. The average Bonchev–Trinajstić information content (AvgIpc) is 3.27. The van der Waals surface area contributed by atoms with Crippen LogP contribution in [-0.2, 0) is 14.3 Å². The molecule has 0 radical (unpaired) electrons. The summed E-state index contributed by atoms with van der Waals surface area (Å²) in [5.74, 6) is -1.21. The van der Waals surface area contributed by atoms with Gasteiger partial charge in [-0.05, 0) is 37.3 Å². The van der Waals surface area contributed by atoms with E-state index in [1.165, 1.54) is 12.1 Å². The third kappa shape index (κ3) is 3.90. The molecule has 0 spiro atoms. The quantitative estimate of drug-likeness (QED) is 0.417. The van der Waals surface area contributed by atoms with Crippen LogP contribution in [0.5, 0.6) is 0 Å². The summed E-state index contributed by atoms with van der Waals surface area (Å²) < 4.78 is 5.27. The topological polar surface area (TPSA) is 98.5 Å². The zero-order chi connectivity index (χ0) is 22.1. The number of carbonyl (C=O) groups excluding carboxylic acids is 2. The molecule has 4 rings (SSSR count). The molecule has 2 aromatic rings. The van der Waals surface area contributed by atoms with E-state index in [-0.39, 0.29) is 24.0 Å². The Balaban J connectivity index is 1.84. The third-order valence-corrected chi connectivity index (χ3v) is 6.72. The molecule has 7 nitrogen and oxygen atoms in total. The molecule has 8 heteroatoms. The molecule has 1 N–H and O–H groups in total. The predicted octanol–water partition coefficient (Wildman–Crippen LogP) is 4.58. The van der Waals surface area contributed by atoms with Gasteiger partial charge >= 0.3 is 5.97 Å². The van der Waals surface area contributed by atoms with Gasteiger partial charge in [0.05, 0.1) is 17.1 Å². The van der Waals surface area contributed by atoms with E-state index in [9.17, 15) is 19.7 Å². The first-order valence-electron chi connectivity index (χ1n) is 10.1. The van der Waals surface area contributed by atoms with Crippen molar-refractivity contribution in [3.8, 4) is 0 Å². The monoisotopic (exact) mass is 438 g/mol. The van der Waals surface area contributed by atoms with Crippen molar-refractivity contribution in [1.82, 2.24) is 5.32 Å². The number of benzene rings is 1. The van der Waals surface area contributed by atoms with Crippen molar-refractivity contribution in [3.05, 3.63) is 84.9 Å². The van der Waals surface area contributed by atoms with Gasteiger partial charge in [0.2, 0.25) is 0 Å². The molecule has 2 heterocycles. The SMILES string of the molecule is CCOC(=O)C1=C(C)NC2=C(C(=O)C[C@@H](c3cccs3)C2)[C@@H]1c1cccc([N+](=O)[O-])c1. The van der Waals surface area contributed by atoms with E-state index in [1.807, 2.05) is 17.5 Å². The Morgan fingerprint density at radius 3 is 2.77 bits per heavy atom. The highest BCUT2D eigenvalue weighted by atomic mass is 32.1. The number of nitro groups is 1. The van der Waals surface area contributed by atoms with Crippen molar-refractivity contribution in [2.75, 3.05) is 6.61 Å². The van der Waals surface area contributed by atoms with Crippen LogP contribution in [0, 0.1) is 10.1 Å². The zero-order valence-corrected chi connectivity index (χ0v) is 18.0. The summed E-state index contributed by atoms with van der Waals surface area (Å²) in [6.07, 6.45) is 0.974. The van der Waals surface area contributed by atoms with Crippen LogP contribution in [0.25, 0.3) is 0 Å². The molecule has 0 fully saturated rings. The van der Waals surface area contributed by atoms with Crippen molar-refractivity contribution in [2.45, 2.75) is 38.5 Å². The first-order valence-corrected chi connectivity index (χ1v) is 11.0. The number of nitro benzene ring substituents is 1. The number of thiophene rings is 1. The van der Waals surface area contributed by atoms with E-state index in [0.29, 0.717) is 35.2 Å². The minimum Gasteiger partial charge on any atom is -0.463 e. The number of hydrogen-bond acceptors (Lipinski definition) is 7. The Hall–Kier alpha value is -3.26. The summed E-state index contributed by atoms with van der Waals surface area (Å²) in [6.45, 7) is 3.69. The number of carbonyl (C=O) groups is 2. The second-order valence-corrected chi connectivity index (χ2v) is 8.58. The first kappa shape index (κ1) is 21.0. The highest BCUT2D eigenvalue weighted by Crippen LogP contribution is 2.46. The zero-order valence-electron chi connectivity index (χ0n) is 17.2. The van der Waals surface area contributed by atoms with E-state index in [2.05, 4.69) is 5.32 Å². The number of nitrogens with one attached hydrogen (secondary N) is 1. The van der Waals surface area contributed by atoms with E-state index >= 15 is 0 Å². The number of rotatable bonds is 5. The number of Topliss-reactive ketones (excluding diaryl/α,β-unsaturated/α-hetero) is 1. The molecule has 160 valence electrons. The first-order chi connectivity index (χ1) is 14.9. The number of ether oxygens (including phenoxy) is 1. The van der Waals surface area contributed by atoms with Gasteiger partial charge < -0.3 is 10.1 Å². The summed E-state index contributed by atoms with van der Waals surface area (Å²) in [4.78, 5) is 38.2. The molecular weight excluding hydrogens is 416 g/mol. The second kappa shape index (κ2) is 8.47. The Kier molecular flexibility index (Phi) is 5.73.